The van der Waals surface area contributed by atoms with Gasteiger partial charge in [0.05, 0.1) is 4.90 Å². The van der Waals surface area contributed by atoms with E-state index in [1.54, 1.807) is 12.1 Å². The van der Waals surface area contributed by atoms with Gasteiger partial charge in [0.15, 0.2) is 9.84 Å². The Morgan fingerprint density at radius 2 is 1.42 bits per heavy atom. The van der Waals surface area contributed by atoms with Crippen molar-refractivity contribution in [1.82, 2.24) is 0 Å². The third kappa shape index (κ3) is 3.67. The van der Waals surface area contributed by atoms with Gasteiger partial charge in [-0.3, -0.25) is 4.79 Å². The lowest BCUT2D eigenvalue weighted by Crippen LogP contribution is -2.33. The summed E-state index contributed by atoms with van der Waals surface area (Å²) < 4.78 is 25.3. The molecule has 2 aromatic carbocycles. The molecule has 0 spiro atoms. The summed E-state index contributed by atoms with van der Waals surface area (Å²) in [5.41, 5.74) is 4.58. The van der Waals surface area contributed by atoms with Crippen molar-refractivity contribution in [2.75, 3.05) is 5.32 Å². The fraction of sp³-hybridized carbons (Fsp3) is 0.316. The summed E-state index contributed by atoms with van der Waals surface area (Å²) in [6.45, 7) is 9.08. The third-order valence-electron chi connectivity index (χ3n) is 4.11. The van der Waals surface area contributed by atoms with E-state index in [2.05, 4.69) is 5.32 Å². The van der Waals surface area contributed by atoms with Crippen molar-refractivity contribution in [3.8, 4) is 0 Å². The number of aryl methyl sites for hydroxylation is 4. The van der Waals surface area contributed by atoms with E-state index in [0.717, 1.165) is 22.3 Å². The molecule has 0 aromatic heterocycles. The zero-order chi connectivity index (χ0) is 18.1. The molecule has 2 aromatic rings. The first-order valence-electron chi connectivity index (χ1n) is 7.82. The number of sulfone groups is 1. The predicted octanol–water partition coefficient (Wildman–Crippen LogP) is 3.72. The molecule has 1 N–H and O–H groups in total. The van der Waals surface area contributed by atoms with Crippen LogP contribution in [0.4, 0.5) is 5.69 Å². The summed E-state index contributed by atoms with van der Waals surface area (Å²) in [6, 6.07) is 10.5. The van der Waals surface area contributed by atoms with Crippen LogP contribution in [0.2, 0.25) is 0 Å². The Morgan fingerprint density at radius 3 is 1.92 bits per heavy atom. The van der Waals surface area contributed by atoms with Crippen LogP contribution in [0.1, 0.15) is 29.2 Å². The summed E-state index contributed by atoms with van der Waals surface area (Å²) in [7, 11) is -3.72. The van der Waals surface area contributed by atoms with Gasteiger partial charge in [0.1, 0.15) is 5.25 Å². The normalized spacial score (nSPS) is 12.7. The van der Waals surface area contributed by atoms with Gasteiger partial charge in [-0.2, -0.15) is 0 Å². The average Bonchev–Trinajstić information content (AvgIpc) is 2.50. The molecule has 5 heteroatoms. The van der Waals surface area contributed by atoms with E-state index in [0.29, 0.717) is 5.69 Å². The van der Waals surface area contributed by atoms with Crippen molar-refractivity contribution in [1.29, 1.82) is 0 Å². The molecule has 2 rings (SSSR count). The molecule has 0 heterocycles. The van der Waals surface area contributed by atoms with Gasteiger partial charge in [0.2, 0.25) is 5.91 Å². The number of rotatable bonds is 4. The molecule has 0 radical (unpaired) electrons. The molecular formula is C19H23NO3S. The Kier molecular flexibility index (Phi) is 5.13. The lowest BCUT2D eigenvalue weighted by atomic mass is 10.1. The van der Waals surface area contributed by atoms with Crippen LogP contribution in [-0.2, 0) is 14.6 Å². The second kappa shape index (κ2) is 6.77. The molecule has 128 valence electrons. The maximum absolute atomic E-state index is 12.6. The molecule has 1 amide bonds. The summed E-state index contributed by atoms with van der Waals surface area (Å²) in [5, 5.41) is 1.61. The largest absolute Gasteiger partial charge is 0.324 e. The second-order valence-electron chi connectivity index (χ2n) is 6.26. The average molecular weight is 345 g/mol. The maximum atomic E-state index is 12.6. The quantitative estimate of drug-likeness (QED) is 0.918. The van der Waals surface area contributed by atoms with Crippen LogP contribution in [0.5, 0.6) is 0 Å². The molecule has 0 aliphatic carbocycles. The minimum atomic E-state index is -3.72. The van der Waals surface area contributed by atoms with Crippen LogP contribution < -0.4 is 5.32 Å². The second-order valence-corrected chi connectivity index (χ2v) is 8.53. The highest BCUT2D eigenvalue weighted by molar-refractivity contribution is 7.92. The first-order valence-corrected chi connectivity index (χ1v) is 9.37. The molecule has 0 bridgehead atoms. The van der Waals surface area contributed by atoms with Gasteiger partial charge in [-0.1, -0.05) is 35.4 Å². The van der Waals surface area contributed by atoms with Gasteiger partial charge in [0.25, 0.3) is 0 Å². The van der Waals surface area contributed by atoms with Gasteiger partial charge in [-0.05, 0) is 57.9 Å². The molecule has 24 heavy (non-hydrogen) atoms. The van der Waals surface area contributed by atoms with E-state index < -0.39 is 21.0 Å². The standard InChI is InChI=1S/C19H23NO3S/c1-12-6-8-17(9-7-12)24(22,23)16(5)19(21)20-18-14(3)10-13(2)11-15(18)4/h6-11,16H,1-5H3,(H,20,21)/t16-/m1/s1. The van der Waals surface area contributed by atoms with Crippen LogP contribution in [0, 0.1) is 27.7 Å². The number of hydrogen-bond acceptors (Lipinski definition) is 3. The van der Waals surface area contributed by atoms with Crippen molar-refractivity contribution in [3.05, 3.63) is 58.7 Å². The highest BCUT2D eigenvalue weighted by atomic mass is 32.2. The molecule has 0 fully saturated rings. The zero-order valence-electron chi connectivity index (χ0n) is 14.7. The first-order chi connectivity index (χ1) is 11.1. The van der Waals surface area contributed by atoms with Crippen molar-refractivity contribution >= 4 is 21.4 Å². The van der Waals surface area contributed by atoms with E-state index in [1.165, 1.54) is 19.1 Å². The summed E-state index contributed by atoms with van der Waals surface area (Å²) in [6.07, 6.45) is 0. The summed E-state index contributed by atoms with van der Waals surface area (Å²) in [5.74, 6) is -0.523. The fourth-order valence-corrected chi connectivity index (χ4v) is 3.94. The van der Waals surface area contributed by atoms with Crippen LogP contribution in [-0.4, -0.2) is 19.6 Å². The molecule has 0 unspecified atom stereocenters. The van der Waals surface area contributed by atoms with Crippen molar-refractivity contribution in [2.24, 2.45) is 0 Å². The number of benzene rings is 2. The van der Waals surface area contributed by atoms with E-state index in [4.69, 9.17) is 0 Å². The van der Waals surface area contributed by atoms with Crippen LogP contribution in [0.15, 0.2) is 41.3 Å². The Labute approximate surface area is 143 Å². The molecule has 1 atom stereocenters. The van der Waals surface area contributed by atoms with Crippen molar-refractivity contribution < 1.29 is 13.2 Å². The maximum Gasteiger partial charge on any atom is 0.242 e. The van der Waals surface area contributed by atoms with E-state index in [9.17, 15) is 13.2 Å². The van der Waals surface area contributed by atoms with Crippen LogP contribution in [0.25, 0.3) is 0 Å². The van der Waals surface area contributed by atoms with Crippen LogP contribution in [0.3, 0.4) is 0 Å². The lowest BCUT2D eigenvalue weighted by Gasteiger charge is -2.17. The molecule has 0 aliphatic rings. The van der Waals surface area contributed by atoms with Gasteiger partial charge >= 0.3 is 0 Å². The Bertz CT molecular complexity index is 845. The Morgan fingerprint density at radius 1 is 0.917 bits per heavy atom. The number of carbonyl (C=O) groups excluding carboxylic acids is 1. The number of anilines is 1. The number of amides is 1. The first kappa shape index (κ1) is 18.2. The highest BCUT2D eigenvalue weighted by Crippen LogP contribution is 2.24. The molecule has 0 saturated heterocycles. The van der Waals surface area contributed by atoms with E-state index in [1.807, 2.05) is 39.8 Å². The topological polar surface area (TPSA) is 63.2 Å². The summed E-state index contributed by atoms with van der Waals surface area (Å²) >= 11 is 0. The van der Waals surface area contributed by atoms with Gasteiger partial charge < -0.3 is 5.32 Å². The fourth-order valence-electron chi connectivity index (χ4n) is 2.68. The smallest absolute Gasteiger partial charge is 0.242 e. The van der Waals surface area contributed by atoms with E-state index >= 15 is 0 Å². The predicted molar refractivity (Wildman–Crippen MR) is 97.1 cm³/mol. The number of hydrogen-bond donors (Lipinski definition) is 1. The zero-order valence-corrected chi connectivity index (χ0v) is 15.5. The minimum absolute atomic E-state index is 0.160. The SMILES string of the molecule is Cc1ccc(S(=O)(=O)[C@H](C)C(=O)Nc2c(C)cc(C)cc2C)cc1. The van der Waals surface area contributed by atoms with Gasteiger partial charge in [-0.25, -0.2) is 8.42 Å². The molecule has 0 aliphatic heterocycles. The molecule has 0 saturated carbocycles. The highest BCUT2D eigenvalue weighted by Gasteiger charge is 2.30. The van der Waals surface area contributed by atoms with Gasteiger partial charge in [0, 0.05) is 5.69 Å². The van der Waals surface area contributed by atoms with Gasteiger partial charge in [-0.15, -0.1) is 0 Å². The molecular weight excluding hydrogens is 322 g/mol. The third-order valence-corrected chi connectivity index (χ3v) is 6.18. The van der Waals surface area contributed by atoms with Crippen molar-refractivity contribution in [3.63, 3.8) is 0 Å². The lowest BCUT2D eigenvalue weighted by molar-refractivity contribution is -0.115. The van der Waals surface area contributed by atoms with Crippen LogP contribution >= 0.6 is 0 Å². The number of carbonyl (C=O) groups is 1. The summed E-state index contributed by atoms with van der Waals surface area (Å²) in [4.78, 5) is 12.7. The Balaban J connectivity index is 2.28. The Hall–Kier alpha value is -2.14. The molecule has 4 nitrogen and oxygen atoms in total. The minimum Gasteiger partial charge on any atom is -0.324 e. The van der Waals surface area contributed by atoms with E-state index in [-0.39, 0.29) is 4.90 Å². The van der Waals surface area contributed by atoms with Crippen molar-refractivity contribution in [2.45, 2.75) is 44.8 Å². The number of nitrogens with one attached hydrogen (secondary N) is 1. The monoisotopic (exact) mass is 345 g/mol.